The van der Waals surface area contributed by atoms with E-state index in [9.17, 15) is 4.79 Å². The highest BCUT2D eigenvalue weighted by molar-refractivity contribution is 6.32. The van der Waals surface area contributed by atoms with Gasteiger partial charge in [-0.3, -0.25) is 4.79 Å². The minimum atomic E-state index is -0.472. The number of hydrogen-bond donors (Lipinski definition) is 1. The Labute approximate surface area is 172 Å². The maximum absolute atomic E-state index is 13.0. The normalized spacial score (nSPS) is 20.8. The molecule has 1 fully saturated rings. The molecule has 0 saturated heterocycles. The molecule has 1 N–H and O–H groups in total. The van der Waals surface area contributed by atoms with E-state index in [1.807, 2.05) is 12.4 Å². The number of hydrogen-bond acceptors (Lipinski definition) is 2. The maximum atomic E-state index is 13.0. The molecule has 1 aliphatic heterocycles. The number of fused-ring (bicyclic) bond motifs is 3. The topological polar surface area (TPSA) is 46.9 Å². The van der Waals surface area contributed by atoms with E-state index in [0.717, 1.165) is 37.1 Å². The fourth-order valence-electron chi connectivity index (χ4n) is 5.11. The molecule has 1 aromatic heterocycles. The molecule has 2 aromatic carbocycles. The summed E-state index contributed by atoms with van der Waals surface area (Å²) in [6.07, 6.45) is 9.50. The van der Waals surface area contributed by atoms with Gasteiger partial charge in [-0.25, -0.2) is 4.98 Å². The first kappa shape index (κ1) is 18.2. The molecule has 29 heavy (non-hydrogen) atoms. The summed E-state index contributed by atoms with van der Waals surface area (Å²) in [6.45, 7) is 0.533. The Kier molecular flexibility index (Phi) is 4.54. The van der Waals surface area contributed by atoms with Gasteiger partial charge in [-0.15, -0.1) is 0 Å². The van der Waals surface area contributed by atoms with Crippen molar-refractivity contribution >= 4 is 19.2 Å². The van der Waals surface area contributed by atoms with Crippen LogP contribution in [0.15, 0.2) is 60.9 Å². The average molecular weight is 383 g/mol. The van der Waals surface area contributed by atoms with Crippen molar-refractivity contribution in [2.75, 3.05) is 6.54 Å². The Bertz CT molecular complexity index is 1040. The van der Waals surface area contributed by atoms with E-state index in [-0.39, 0.29) is 11.8 Å². The Morgan fingerprint density at radius 3 is 2.66 bits per heavy atom. The lowest BCUT2D eigenvalue weighted by molar-refractivity contribution is -0.126. The molecule has 1 unspecified atom stereocenters. The molecule has 3 aromatic rings. The number of benzene rings is 2. The highest BCUT2D eigenvalue weighted by Gasteiger charge is 2.45. The first-order valence-electron chi connectivity index (χ1n) is 10.7. The second-order valence-electron chi connectivity index (χ2n) is 8.45. The van der Waals surface area contributed by atoms with Crippen LogP contribution >= 0.6 is 0 Å². The minimum Gasteiger partial charge on any atom is -0.353 e. The zero-order valence-electron chi connectivity index (χ0n) is 16.9. The third kappa shape index (κ3) is 2.91. The standard InChI is InChI=1S/C24H26BN3O/c25-19-12-10-18(11-13-19)24(16-27-23(29)17-6-2-1-3-7-17)21-9-5-4-8-20(21)22-26-14-15-28(22)24/h4-5,8-15,17H,1-3,6-7,16,25H2,(H,27,29). The highest BCUT2D eigenvalue weighted by atomic mass is 16.1. The van der Waals surface area contributed by atoms with Gasteiger partial charge in [0.05, 0.1) is 0 Å². The maximum Gasteiger partial charge on any atom is 0.223 e. The van der Waals surface area contributed by atoms with Crippen molar-refractivity contribution in [2.24, 2.45) is 5.92 Å². The summed E-state index contributed by atoms with van der Waals surface area (Å²) in [5, 5.41) is 3.33. The molecular weight excluding hydrogens is 357 g/mol. The predicted molar refractivity (Wildman–Crippen MR) is 118 cm³/mol. The molecule has 2 heterocycles. The smallest absolute Gasteiger partial charge is 0.223 e. The van der Waals surface area contributed by atoms with Crippen LogP contribution in [-0.4, -0.2) is 29.8 Å². The van der Waals surface area contributed by atoms with Crippen LogP contribution < -0.4 is 10.8 Å². The molecule has 5 rings (SSSR count). The molecule has 2 aliphatic rings. The molecule has 4 nitrogen and oxygen atoms in total. The Hall–Kier alpha value is -2.82. The lowest BCUT2D eigenvalue weighted by atomic mass is 9.80. The number of carbonyl (C=O) groups is 1. The van der Waals surface area contributed by atoms with Crippen molar-refractivity contribution in [2.45, 2.75) is 37.6 Å². The molecule has 1 aliphatic carbocycles. The Morgan fingerprint density at radius 1 is 1.10 bits per heavy atom. The van der Waals surface area contributed by atoms with E-state index in [2.05, 4.69) is 71.2 Å². The summed E-state index contributed by atoms with van der Waals surface area (Å²) in [7, 11) is 2.10. The van der Waals surface area contributed by atoms with Gasteiger partial charge in [0.1, 0.15) is 19.2 Å². The van der Waals surface area contributed by atoms with Gasteiger partial charge < -0.3 is 9.88 Å². The zero-order valence-corrected chi connectivity index (χ0v) is 16.9. The first-order valence-corrected chi connectivity index (χ1v) is 10.7. The van der Waals surface area contributed by atoms with Crippen molar-refractivity contribution in [1.29, 1.82) is 0 Å². The van der Waals surface area contributed by atoms with Crippen LogP contribution in [-0.2, 0) is 10.3 Å². The molecule has 1 atom stereocenters. The molecule has 5 heteroatoms. The first-order chi connectivity index (χ1) is 14.2. The van der Waals surface area contributed by atoms with E-state index >= 15 is 0 Å². The Balaban J connectivity index is 1.58. The molecule has 146 valence electrons. The summed E-state index contributed by atoms with van der Waals surface area (Å²) in [5.74, 6) is 1.31. The van der Waals surface area contributed by atoms with Crippen LogP contribution in [0.3, 0.4) is 0 Å². The van der Waals surface area contributed by atoms with Crippen molar-refractivity contribution < 1.29 is 4.79 Å². The summed E-state index contributed by atoms with van der Waals surface area (Å²) in [5.41, 5.74) is 4.28. The second kappa shape index (κ2) is 7.22. The minimum absolute atomic E-state index is 0.151. The lowest BCUT2D eigenvalue weighted by Gasteiger charge is -2.34. The second-order valence-corrected chi connectivity index (χ2v) is 8.45. The van der Waals surface area contributed by atoms with Gasteiger partial charge in [0.15, 0.2) is 0 Å². The summed E-state index contributed by atoms with van der Waals surface area (Å²) >= 11 is 0. The fourth-order valence-corrected chi connectivity index (χ4v) is 5.11. The van der Waals surface area contributed by atoms with Crippen LogP contribution in [0.4, 0.5) is 0 Å². The molecule has 0 spiro atoms. The third-order valence-electron chi connectivity index (χ3n) is 6.69. The quantitative estimate of drug-likeness (QED) is 0.704. The molecule has 1 saturated carbocycles. The third-order valence-corrected chi connectivity index (χ3v) is 6.69. The van der Waals surface area contributed by atoms with Crippen LogP contribution in [0.1, 0.15) is 43.2 Å². The van der Waals surface area contributed by atoms with E-state index in [0.29, 0.717) is 6.54 Å². The number of imidazole rings is 1. The number of nitrogens with zero attached hydrogens (tertiary/aromatic N) is 2. The fraction of sp³-hybridized carbons (Fsp3) is 0.333. The number of rotatable bonds is 4. The van der Waals surface area contributed by atoms with E-state index in [1.165, 1.54) is 23.0 Å². The molecular formula is C24H26BN3O. The van der Waals surface area contributed by atoms with E-state index < -0.39 is 5.54 Å². The SMILES string of the molecule is Bc1ccc(C2(CNC(=O)C3CCCCC3)c3ccccc3-c3nccn32)cc1. The number of carbonyl (C=O) groups excluding carboxylic acids is 1. The highest BCUT2D eigenvalue weighted by Crippen LogP contribution is 2.46. The number of nitrogens with one attached hydrogen (secondary N) is 1. The van der Waals surface area contributed by atoms with Crippen molar-refractivity contribution in [3.8, 4) is 11.4 Å². The summed E-state index contributed by atoms with van der Waals surface area (Å²) in [4.78, 5) is 17.7. The van der Waals surface area contributed by atoms with Crippen LogP contribution in [0.25, 0.3) is 11.4 Å². The van der Waals surface area contributed by atoms with Crippen molar-refractivity contribution in [3.05, 3.63) is 72.1 Å². The Morgan fingerprint density at radius 2 is 1.86 bits per heavy atom. The van der Waals surface area contributed by atoms with E-state index in [1.54, 1.807) is 0 Å². The molecule has 1 amide bonds. The van der Waals surface area contributed by atoms with Gasteiger partial charge in [-0.1, -0.05) is 73.3 Å². The van der Waals surface area contributed by atoms with Gasteiger partial charge in [-0.2, -0.15) is 0 Å². The van der Waals surface area contributed by atoms with Gasteiger partial charge in [0.2, 0.25) is 5.91 Å². The summed E-state index contributed by atoms with van der Waals surface area (Å²) in [6, 6.07) is 17.1. The van der Waals surface area contributed by atoms with Gasteiger partial charge in [-0.05, 0) is 24.0 Å². The monoisotopic (exact) mass is 383 g/mol. The predicted octanol–water partition coefficient (Wildman–Crippen LogP) is 2.61. The zero-order chi connectivity index (χ0) is 19.8. The van der Waals surface area contributed by atoms with Crippen molar-refractivity contribution in [1.82, 2.24) is 14.9 Å². The average Bonchev–Trinajstić information content (AvgIpc) is 3.35. The molecule has 0 bridgehead atoms. The largest absolute Gasteiger partial charge is 0.353 e. The van der Waals surface area contributed by atoms with E-state index in [4.69, 9.17) is 0 Å². The van der Waals surface area contributed by atoms with Gasteiger partial charge in [0, 0.05) is 30.4 Å². The number of amides is 1. The number of aromatic nitrogens is 2. The lowest BCUT2D eigenvalue weighted by Crippen LogP contribution is -2.46. The molecule has 0 radical (unpaired) electrons. The van der Waals surface area contributed by atoms with Crippen LogP contribution in [0, 0.1) is 5.92 Å². The summed E-state index contributed by atoms with van der Waals surface area (Å²) < 4.78 is 2.24. The van der Waals surface area contributed by atoms with Gasteiger partial charge >= 0.3 is 0 Å². The van der Waals surface area contributed by atoms with Crippen LogP contribution in [0.5, 0.6) is 0 Å². The van der Waals surface area contributed by atoms with Crippen LogP contribution in [0.2, 0.25) is 0 Å². The van der Waals surface area contributed by atoms with Gasteiger partial charge in [0.25, 0.3) is 0 Å². The van der Waals surface area contributed by atoms with Crippen molar-refractivity contribution in [3.63, 3.8) is 0 Å².